The Kier molecular flexibility index (Phi) is 5.94. The molecule has 0 radical (unpaired) electrons. The third-order valence-corrected chi connectivity index (χ3v) is 4.42. The summed E-state index contributed by atoms with van der Waals surface area (Å²) >= 11 is 1.49. The summed E-state index contributed by atoms with van der Waals surface area (Å²) in [5, 5.41) is 14.8. The van der Waals surface area contributed by atoms with Crippen molar-refractivity contribution in [3.63, 3.8) is 0 Å². The van der Waals surface area contributed by atoms with E-state index in [1.807, 2.05) is 6.92 Å². The lowest BCUT2D eigenvalue weighted by Crippen LogP contribution is -2.38. The molecule has 2 rings (SSSR count). The van der Waals surface area contributed by atoms with Gasteiger partial charge in [0, 0.05) is 25.1 Å². The zero-order chi connectivity index (χ0) is 14.4. The van der Waals surface area contributed by atoms with E-state index in [2.05, 4.69) is 15.2 Å². The number of aryl methyl sites for hydroxylation is 1. The monoisotopic (exact) mass is 297 g/mol. The van der Waals surface area contributed by atoms with Crippen LogP contribution in [0.1, 0.15) is 34.8 Å². The SMILES string of the molecule is Cc1nc(C(=O)NCCCN2CCC[C@H](CO)C2)cs1. The summed E-state index contributed by atoms with van der Waals surface area (Å²) < 4.78 is 0. The van der Waals surface area contributed by atoms with E-state index in [9.17, 15) is 9.90 Å². The third kappa shape index (κ3) is 4.54. The molecule has 0 aromatic carbocycles. The Hall–Kier alpha value is -0.980. The van der Waals surface area contributed by atoms with Crippen LogP contribution in [0.3, 0.4) is 0 Å². The molecule has 0 bridgehead atoms. The van der Waals surface area contributed by atoms with E-state index in [0.717, 1.165) is 43.9 Å². The summed E-state index contributed by atoms with van der Waals surface area (Å²) in [5.74, 6) is 0.345. The average molecular weight is 297 g/mol. The predicted molar refractivity (Wildman–Crippen MR) is 80.1 cm³/mol. The minimum absolute atomic E-state index is 0.0822. The number of carbonyl (C=O) groups is 1. The Labute approximate surface area is 124 Å². The van der Waals surface area contributed by atoms with Crippen LogP contribution in [0.4, 0.5) is 0 Å². The van der Waals surface area contributed by atoms with Gasteiger partial charge in [0.25, 0.3) is 5.91 Å². The zero-order valence-electron chi connectivity index (χ0n) is 12.0. The maximum Gasteiger partial charge on any atom is 0.270 e. The molecule has 1 aliphatic heterocycles. The van der Waals surface area contributed by atoms with Gasteiger partial charge in [0.15, 0.2) is 0 Å². The average Bonchev–Trinajstić information content (AvgIpc) is 2.90. The van der Waals surface area contributed by atoms with Crippen molar-refractivity contribution in [2.75, 3.05) is 32.8 Å². The molecule has 0 spiro atoms. The predicted octanol–water partition coefficient (Wildman–Crippen LogP) is 1.28. The van der Waals surface area contributed by atoms with E-state index in [-0.39, 0.29) is 12.5 Å². The van der Waals surface area contributed by atoms with Crippen LogP contribution in [0.15, 0.2) is 5.38 Å². The van der Waals surface area contributed by atoms with Crippen molar-refractivity contribution in [3.05, 3.63) is 16.1 Å². The molecule has 2 heterocycles. The molecule has 1 aromatic heterocycles. The number of amides is 1. The summed E-state index contributed by atoms with van der Waals surface area (Å²) in [6.45, 7) is 5.93. The number of hydrogen-bond acceptors (Lipinski definition) is 5. The number of thiazole rings is 1. The highest BCUT2D eigenvalue weighted by Gasteiger charge is 2.18. The number of nitrogens with zero attached hydrogens (tertiary/aromatic N) is 2. The normalized spacial score (nSPS) is 20.0. The van der Waals surface area contributed by atoms with Crippen LogP contribution in [-0.2, 0) is 0 Å². The second-order valence-electron chi connectivity index (χ2n) is 5.35. The van der Waals surface area contributed by atoms with Gasteiger partial charge in [0.05, 0.1) is 5.01 Å². The lowest BCUT2D eigenvalue weighted by Gasteiger charge is -2.31. The van der Waals surface area contributed by atoms with Crippen LogP contribution in [0.25, 0.3) is 0 Å². The molecule has 1 fully saturated rings. The van der Waals surface area contributed by atoms with Gasteiger partial charge in [-0.05, 0) is 45.2 Å². The fourth-order valence-electron chi connectivity index (χ4n) is 2.57. The maximum atomic E-state index is 11.8. The number of aliphatic hydroxyl groups is 1. The summed E-state index contributed by atoms with van der Waals surface area (Å²) in [5.41, 5.74) is 0.519. The second kappa shape index (κ2) is 7.71. The number of rotatable bonds is 6. The first kappa shape index (κ1) is 15.4. The summed E-state index contributed by atoms with van der Waals surface area (Å²) in [6, 6.07) is 0. The van der Waals surface area contributed by atoms with Gasteiger partial charge in [-0.2, -0.15) is 0 Å². The highest BCUT2D eigenvalue weighted by Crippen LogP contribution is 2.15. The Morgan fingerprint density at radius 2 is 2.50 bits per heavy atom. The third-order valence-electron chi connectivity index (χ3n) is 3.65. The zero-order valence-corrected chi connectivity index (χ0v) is 12.8. The van der Waals surface area contributed by atoms with E-state index < -0.39 is 0 Å². The quantitative estimate of drug-likeness (QED) is 0.776. The Balaban J connectivity index is 1.62. The van der Waals surface area contributed by atoms with Crippen LogP contribution in [-0.4, -0.2) is 53.7 Å². The maximum absolute atomic E-state index is 11.8. The lowest BCUT2D eigenvalue weighted by atomic mass is 9.99. The van der Waals surface area contributed by atoms with E-state index in [1.165, 1.54) is 11.3 Å². The molecular weight excluding hydrogens is 274 g/mol. The summed E-state index contributed by atoms with van der Waals surface area (Å²) in [6.07, 6.45) is 3.23. The van der Waals surface area contributed by atoms with Gasteiger partial charge in [-0.3, -0.25) is 4.79 Å². The first-order valence-corrected chi connectivity index (χ1v) is 8.10. The fourth-order valence-corrected chi connectivity index (χ4v) is 3.16. The molecule has 1 aliphatic rings. The number of carbonyl (C=O) groups excluding carboxylic acids is 1. The van der Waals surface area contributed by atoms with Crippen molar-refractivity contribution in [2.45, 2.75) is 26.2 Å². The van der Waals surface area contributed by atoms with Crippen molar-refractivity contribution in [2.24, 2.45) is 5.92 Å². The van der Waals surface area contributed by atoms with Crippen molar-refractivity contribution < 1.29 is 9.90 Å². The number of hydrogen-bond donors (Lipinski definition) is 2. The van der Waals surface area contributed by atoms with Gasteiger partial charge in [-0.15, -0.1) is 11.3 Å². The molecular formula is C14H23N3O2S. The number of piperidine rings is 1. The largest absolute Gasteiger partial charge is 0.396 e. The second-order valence-corrected chi connectivity index (χ2v) is 6.41. The highest BCUT2D eigenvalue weighted by molar-refractivity contribution is 7.09. The van der Waals surface area contributed by atoms with E-state index >= 15 is 0 Å². The topological polar surface area (TPSA) is 65.5 Å². The molecule has 0 saturated carbocycles. The van der Waals surface area contributed by atoms with Crippen LogP contribution >= 0.6 is 11.3 Å². The van der Waals surface area contributed by atoms with Gasteiger partial charge in [0.2, 0.25) is 0 Å². The Bertz CT molecular complexity index is 436. The molecule has 0 unspecified atom stereocenters. The van der Waals surface area contributed by atoms with Crippen LogP contribution in [0.5, 0.6) is 0 Å². The molecule has 1 amide bonds. The molecule has 20 heavy (non-hydrogen) atoms. The number of likely N-dealkylation sites (tertiary alicyclic amines) is 1. The van der Waals surface area contributed by atoms with E-state index in [4.69, 9.17) is 0 Å². The molecule has 1 saturated heterocycles. The number of aliphatic hydroxyl groups excluding tert-OH is 1. The highest BCUT2D eigenvalue weighted by atomic mass is 32.1. The molecule has 2 N–H and O–H groups in total. The van der Waals surface area contributed by atoms with Crippen molar-refractivity contribution >= 4 is 17.2 Å². The minimum Gasteiger partial charge on any atom is -0.396 e. The summed E-state index contributed by atoms with van der Waals surface area (Å²) in [4.78, 5) is 18.3. The molecule has 1 aromatic rings. The van der Waals surface area contributed by atoms with Crippen LogP contribution < -0.4 is 5.32 Å². The van der Waals surface area contributed by atoms with Gasteiger partial charge >= 0.3 is 0 Å². The molecule has 0 aliphatic carbocycles. The van der Waals surface area contributed by atoms with Gasteiger partial charge in [-0.25, -0.2) is 4.98 Å². The lowest BCUT2D eigenvalue weighted by molar-refractivity contribution is 0.0942. The van der Waals surface area contributed by atoms with E-state index in [1.54, 1.807) is 5.38 Å². The van der Waals surface area contributed by atoms with E-state index in [0.29, 0.717) is 18.2 Å². The number of nitrogens with one attached hydrogen (secondary N) is 1. The van der Waals surface area contributed by atoms with Crippen molar-refractivity contribution in [1.29, 1.82) is 0 Å². The first-order chi connectivity index (χ1) is 9.69. The molecule has 6 heteroatoms. The first-order valence-electron chi connectivity index (χ1n) is 7.22. The van der Waals surface area contributed by atoms with Gasteiger partial charge < -0.3 is 15.3 Å². The smallest absolute Gasteiger partial charge is 0.270 e. The van der Waals surface area contributed by atoms with Crippen LogP contribution in [0.2, 0.25) is 0 Å². The van der Waals surface area contributed by atoms with Crippen LogP contribution in [0, 0.1) is 12.8 Å². The van der Waals surface area contributed by atoms with Gasteiger partial charge in [0.1, 0.15) is 5.69 Å². The standard InChI is InChI=1S/C14H23N3O2S/c1-11-16-13(10-20-11)14(19)15-5-3-7-17-6-2-4-12(8-17)9-18/h10,12,18H,2-9H2,1H3,(H,15,19)/t12-/m0/s1. The van der Waals surface area contributed by atoms with Gasteiger partial charge in [-0.1, -0.05) is 0 Å². The molecule has 5 nitrogen and oxygen atoms in total. The Morgan fingerprint density at radius 3 is 3.20 bits per heavy atom. The fraction of sp³-hybridized carbons (Fsp3) is 0.714. The summed E-state index contributed by atoms with van der Waals surface area (Å²) in [7, 11) is 0. The Morgan fingerprint density at radius 1 is 1.65 bits per heavy atom. The number of aromatic nitrogens is 1. The van der Waals surface area contributed by atoms with Crippen molar-refractivity contribution in [3.8, 4) is 0 Å². The van der Waals surface area contributed by atoms with Crippen molar-refractivity contribution in [1.82, 2.24) is 15.2 Å². The molecule has 1 atom stereocenters. The minimum atomic E-state index is -0.0822. The molecule has 112 valence electrons.